The number of fused-ring (bicyclic) bond motifs is 1. The molecule has 0 atom stereocenters. The topological polar surface area (TPSA) is 30.7 Å². The fraction of sp³-hybridized carbons (Fsp3) is 0.200. The second-order valence-electron chi connectivity index (χ2n) is 4.63. The molecule has 0 unspecified atom stereocenters. The average Bonchev–Trinajstić information content (AvgIpc) is 2.79. The van der Waals surface area contributed by atoms with Crippen LogP contribution in [0.4, 0.5) is 0 Å². The molecule has 1 aromatic carbocycles. The average molecular weight is 351 g/mol. The molecule has 0 saturated heterocycles. The van der Waals surface area contributed by atoms with Crippen molar-refractivity contribution in [1.29, 1.82) is 0 Å². The third-order valence-electron chi connectivity index (χ3n) is 3.22. The van der Waals surface area contributed by atoms with Crippen LogP contribution in [-0.2, 0) is 12.4 Å². The number of hydrogen-bond donors (Lipinski definition) is 0. The van der Waals surface area contributed by atoms with E-state index in [1.807, 2.05) is 37.3 Å². The first-order valence-electron chi connectivity index (χ1n) is 6.31. The molecule has 0 spiro atoms. The van der Waals surface area contributed by atoms with Crippen molar-refractivity contribution in [2.45, 2.75) is 19.3 Å². The van der Waals surface area contributed by atoms with E-state index in [1.165, 1.54) is 5.56 Å². The zero-order chi connectivity index (χ0) is 14.1. The van der Waals surface area contributed by atoms with Gasteiger partial charge in [-0.1, -0.05) is 34.1 Å². The molecule has 20 heavy (non-hydrogen) atoms. The first kappa shape index (κ1) is 13.6. The third kappa shape index (κ3) is 2.45. The van der Waals surface area contributed by atoms with Crippen molar-refractivity contribution in [1.82, 2.24) is 14.5 Å². The minimum absolute atomic E-state index is 0.375. The van der Waals surface area contributed by atoms with Gasteiger partial charge < -0.3 is 4.57 Å². The summed E-state index contributed by atoms with van der Waals surface area (Å²) in [7, 11) is 0. The van der Waals surface area contributed by atoms with Gasteiger partial charge in [0.2, 0.25) is 0 Å². The van der Waals surface area contributed by atoms with Gasteiger partial charge in [0, 0.05) is 10.2 Å². The van der Waals surface area contributed by atoms with Crippen LogP contribution in [0, 0.1) is 6.92 Å². The van der Waals surface area contributed by atoms with Gasteiger partial charge in [-0.25, -0.2) is 9.97 Å². The molecule has 0 fully saturated rings. The van der Waals surface area contributed by atoms with Crippen molar-refractivity contribution in [2.24, 2.45) is 0 Å². The number of alkyl halides is 1. The van der Waals surface area contributed by atoms with E-state index >= 15 is 0 Å². The lowest BCUT2D eigenvalue weighted by molar-refractivity contribution is 0.767. The molecular weight excluding hydrogens is 338 g/mol. The van der Waals surface area contributed by atoms with Crippen LogP contribution in [-0.4, -0.2) is 14.5 Å². The van der Waals surface area contributed by atoms with Crippen molar-refractivity contribution in [3.63, 3.8) is 0 Å². The largest absolute Gasteiger partial charge is 0.307 e. The summed E-state index contributed by atoms with van der Waals surface area (Å²) in [4.78, 5) is 9.15. The molecule has 0 aliphatic heterocycles. The van der Waals surface area contributed by atoms with Crippen molar-refractivity contribution in [3.8, 4) is 0 Å². The summed E-state index contributed by atoms with van der Waals surface area (Å²) in [5.74, 6) is 1.22. The molecule has 2 heterocycles. The highest BCUT2D eigenvalue weighted by atomic mass is 79.9. The first-order valence-corrected chi connectivity index (χ1v) is 7.64. The lowest BCUT2D eigenvalue weighted by Gasteiger charge is -2.09. The monoisotopic (exact) mass is 349 g/mol. The number of hydrogen-bond acceptors (Lipinski definition) is 2. The Bertz CT molecular complexity index is 767. The summed E-state index contributed by atoms with van der Waals surface area (Å²) in [6.07, 6.45) is 0. The maximum Gasteiger partial charge on any atom is 0.160 e. The lowest BCUT2D eigenvalue weighted by atomic mass is 10.2. The normalized spacial score (nSPS) is 11.2. The summed E-state index contributed by atoms with van der Waals surface area (Å²) in [6.45, 7) is 2.69. The summed E-state index contributed by atoms with van der Waals surface area (Å²) >= 11 is 9.61. The van der Waals surface area contributed by atoms with Crippen LogP contribution in [0.25, 0.3) is 11.2 Å². The molecule has 0 radical (unpaired) electrons. The van der Waals surface area contributed by atoms with E-state index in [4.69, 9.17) is 11.6 Å². The lowest BCUT2D eigenvalue weighted by Crippen LogP contribution is -2.05. The van der Waals surface area contributed by atoms with Gasteiger partial charge in [0.15, 0.2) is 5.65 Å². The van der Waals surface area contributed by atoms with Crippen LogP contribution in [0.5, 0.6) is 0 Å². The standard InChI is InChI=1S/C15H13BrClN3/c1-10-6-7-13-15(18-10)20(14(8-17)19-13)9-11-4-2-3-5-12(11)16/h2-7H,8-9H2,1H3. The van der Waals surface area contributed by atoms with Crippen LogP contribution in [0.15, 0.2) is 40.9 Å². The SMILES string of the molecule is Cc1ccc2nc(CCl)n(Cc3ccccc3Br)c2n1. The quantitative estimate of drug-likeness (QED) is 0.660. The second kappa shape index (κ2) is 5.54. The number of aryl methyl sites for hydroxylation is 1. The van der Waals surface area contributed by atoms with Gasteiger partial charge in [0.05, 0.1) is 12.4 Å². The van der Waals surface area contributed by atoms with Crippen molar-refractivity contribution >= 4 is 38.7 Å². The predicted octanol–water partition coefficient (Wildman–Crippen LogP) is 4.29. The van der Waals surface area contributed by atoms with Crippen LogP contribution in [0.2, 0.25) is 0 Å². The minimum atomic E-state index is 0.375. The van der Waals surface area contributed by atoms with Crippen LogP contribution in [0.1, 0.15) is 17.1 Å². The Hall–Kier alpha value is -1.39. The Morgan fingerprint density at radius 1 is 1.15 bits per heavy atom. The molecule has 0 aliphatic rings. The third-order valence-corrected chi connectivity index (χ3v) is 4.23. The smallest absolute Gasteiger partial charge is 0.160 e. The van der Waals surface area contributed by atoms with E-state index in [9.17, 15) is 0 Å². The Balaban J connectivity index is 2.14. The van der Waals surface area contributed by atoms with Gasteiger partial charge in [-0.2, -0.15) is 0 Å². The summed E-state index contributed by atoms with van der Waals surface area (Å²) in [5, 5.41) is 0. The predicted molar refractivity (Wildman–Crippen MR) is 85.1 cm³/mol. The molecule has 102 valence electrons. The van der Waals surface area contributed by atoms with Gasteiger partial charge in [-0.3, -0.25) is 0 Å². The molecule has 0 aliphatic carbocycles. The molecular formula is C15H13BrClN3. The summed E-state index contributed by atoms with van der Waals surface area (Å²) < 4.78 is 3.16. The number of halogens is 2. The molecule has 3 rings (SSSR count). The van der Waals surface area contributed by atoms with Crippen molar-refractivity contribution < 1.29 is 0 Å². The zero-order valence-corrected chi connectivity index (χ0v) is 13.3. The van der Waals surface area contributed by atoms with E-state index in [0.29, 0.717) is 12.4 Å². The molecule has 5 heteroatoms. The Labute approximate surface area is 130 Å². The van der Waals surface area contributed by atoms with Crippen LogP contribution < -0.4 is 0 Å². The second-order valence-corrected chi connectivity index (χ2v) is 5.76. The fourth-order valence-electron chi connectivity index (χ4n) is 2.21. The van der Waals surface area contributed by atoms with E-state index in [2.05, 4.69) is 36.5 Å². The minimum Gasteiger partial charge on any atom is -0.307 e. The van der Waals surface area contributed by atoms with Gasteiger partial charge in [-0.15, -0.1) is 11.6 Å². The number of rotatable bonds is 3. The van der Waals surface area contributed by atoms with E-state index in [-0.39, 0.29) is 0 Å². The van der Waals surface area contributed by atoms with Crippen molar-refractivity contribution in [2.75, 3.05) is 0 Å². The van der Waals surface area contributed by atoms with E-state index < -0.39 is 0 Å². The van der Waals surface area contributed by atoms with E-state index in [1.54, 1.807) is 0 Å². The Morgan fingerprint density at radius 3 is 2.70 bits per heavy atom. The Kier molecular flexibility index (Phi) is 3.76. The zero-order valence-electron chi connectivity index (χ0n) is 11.0. The van der Waals surface area contributed by atoms with Crippen LogP contribution in [0.3, 0.4) is 0 Å². The highest BCUT2D eigenvalue weighted by Gasteiger charge is 2.12. The maximum absolute atomic E-state index is 6.03. The van der Waals surface area contributed by atoms with Gasteiger partial charge in [-0.05, 0) is 30.7 Å². The highest BCUT2D eigenvalue weighted by molar-refractivity contribution is 9.10. The number of nitrogens with zero attached hydrogens (tertiary/aromatic N) is 3. The summed E-state index contributed by atoms with van der Waals surface area (Å²) in [5.41, 5.74) is 3.93. The Morgan fingerprint density at radius 2 is 1.95 bits per heavy atom. The van der Waals surface area contributed by atoms with Gasteiger partial charge in [0.1, 0.15) is 11.3 Å². The molecule has 3 aromatic rings. The van der Waals surface area contributed by atoms with E-state index in [0.717, 1.165) is 27.2 Å². The van der Waals surface area contributed by atoms with Gasteiger partial charge in [0.25, 0.3) is 0 Å². The first-order chi connectivity index (χ1) is 9.69. The summed E-state index contributed by atoms with van der Waals surface area (Å²) in [6, 6.07) is 12.1. The number of benzene rings is 1. The van der Waals surface area contributed by atoms with Crippen LogP contribution >= 0.6 is 27.5 Å². The number of pyridine rings is 1. The fourth-order valence-corrected chi connectivity index (χ4v) is 2.82. The van der Waals surface area contributed by atoms with Crippen molar-refractivity contribution in [3.05, 3.63) is 58.0 Å². The number of imidazole rings is 1. The molecule has 2 aromatic heterocycles. The van der Waals surface area contributed by atoms with Gasteiger partial charge >= 0.3 is 0 Å². The molecule has 3 nitrogen and oxygen atoms in total. The molecule has 0 bridgehead atoms. The molecule has 0 saturated carbocycles. The molecule has 0 amide bonds. The highest BCUT2D eigenvalue weighted by Crippen LogP contribution is 2.22. The maximum atomic E-state index is 6.03. The number of aromatic nitrogens is 3. The molecule has 0 N–H and O–H groups in total.